The summed E-state index contributed by atoms with van der Waals surface area (Å²) in [6.45, 7) is 2.43. The first-order valence-corrected chi connectivity index (χ1v) is 10.4. The molecule has 2 aromatic carbocycles. The van der Waals surface area contributed by atoms with Gasteiger partial charge in [0, 0.05) is 24.1 Å². The molecule has 1 unspecified atom stereocenters. The zero-order valence-corrected chi connectivity index (χ0v) is 17.5. The lowest BCUT2D eigenvalue weighted by molar-refractivity contribution is -0.123. The quantitative estimate of drug-likeness (QED) is 0.562. The van der Waals surface area contributed by atoms with Crippen LogP contribution in [-0.4, -0.2) is 44.2 Å². The molecule has 0 radical (unpaired) electrons. The smallest absolute Gasteiger partial charge is 0.336 e. The standard InChI is InChI=1S/C24H26N2O5/c1-29-19-8-4-17(5-9-19)21(26-12-2-3-13-26)15-25-23(27)16-30-20-10-6-18-7-11-24(28)31-22(18)14-20/h4-11,14,21H,2-3,12-13,15-16H2,1H3,(H,25,27). The van der Waals surface area contributed by atoms with Crippen molar-refractivity contribution in [3.05, 3.63) is 70.6 Å². The average Bonchev–Trinajstić information content (AvgIpc) is 3.32. The van der Waals surface area contributed by atoms with Crippen LogP contribution >= 0.6 is 0 Å². The summed E-state index contributed by atoms with van der Waals surface area (Å²) < 4.78 is 16.0. The fourth-order valence-corrected chi connectivity index (χ4v) is 3.88. The molecule has 0 spiro atoms. The summed E-state index contributed by atoms with van der Waals surface area (Å²) in [5.41, 5.74) is 1.15. The molecule has 1 atom stereocenters. The van der Waals surface area contributed by atoms with Crippen LogP contribution in [0.2, 0.25) is 0 Å². The highest BCUT2D eigenvalue weighted by molar-refractivity contribution is 5.79. The van der Waals surface area contributed by atoms with Gasteiger partial charge in [0.25, 0.3) is 5.91 Å². The maximum absolute atomic E-state index is 12.4. The fraction of sp³-hybridized carbons (Fsp3) is 0.333. The van der Waals surface area contributed by atoms with E-state index in [1.807, 2.05) is 24.3 Å². The number of amides is 1. The molecule has 1 amide bonds. The van der Waals surface area contributed by atoms with Gasteiger partial charge in [-0.15, -0.1) is 0 Å². The Morgan fingerprint density at radius 1 is 1.06 bits per heavy atom. The summed E-state index contributed by atoms with van der Waals surface area (Å²) in [4.78, 5) is 26.2. The van der Waals surface area contributed by atoms with Crippen LogP contribution in [0.5, 0.6) is 11.5 Å². The van der Waals surface area contributed by atoms with Crippen LogP contribution in [0, 0.1) is 0 Å². The number of hydrogen-bond donors (Lipinski definition) is 1. The Balaban J connectivity index is 1.36. The zero-order valence-electron chi connectivity index (χ0n) is 17.5. The van der Waals surface area contributed by atoms with Crippen LogP contribution in [0.25, 0.3) is 11.0 Å². The molecule has 0 bridgehead atoms. The van der Waals surface area contributed by atoms with Crippen LogP contribution in [0.4, 0.5) is 0 Å². The van der Waals surface area contributed by atoms with Crippen molar-refractivity contribution in [1.82, 2.24) is 10.2 Å². The number of carbonyl (C=O) groups is 1. The number of likely N-dealkylation sites (tertiary alicyclic amines) is 1. The van der Waals surface area contributed by atoms with Gasteiger partial charge in [0.2, 0.25) is 0 Å². The van der Waals surface area contributed by atoms with E-state index in [1.165, 1.54) is 18.9 Å². The Kier molecular flexibility index (Phi) is 6.52. The molecule has 7 nitrogen and oxygen atoms in total. The number of benzene rings is 2. The van der Waals surface area contributed by atoms with E-state index in [-0.39, 0.29) is 18.6 Å². The molecule has 7 heteroatoms. The van der Waals surface area contributed by atoms with Crippen LogP contribution in [0.1, 0.15) is 24.4 Å². The monoisotopic (exact) mass is 422 g/mol. The van der Waals surface area contributed by atoms with E-state index in [1.54, 1.807) is 31.4 Å². The predicted octanol–water partition coefficient (Wildman–Crippen LogP) is 3.13. The molecule has 2 heterocycles. The lowest BCUT2D eigenvalue weighted by Gasteiger charge is -2.28. The first-order valence-electron chi connectivity index (χ1n) is 10.4. The number of nitrogens with one attached hydrogen (secondary N) is 1. The molecule has 0 aliphatic carbocycles. The molecule has 1 aromatic heterocycles. The molecule has 1 N–H and O–H groups in total. The molecule has 3 aromatic rings. The third kappa shape index (κ3) is 5.24. The highest BCUT2D eigenvalue weighted by Gasteiger charge is 2.24. The van der Waals surface area contributed by atoms with Crippen LogP contribution in [0.3, 0.4) is 0 Å². The topological polar surface area (TPSA) is 81.0 Å². The summed E-state index contributed by atoms with van der Waals surface area (Å²) in [6, 6.07) is 16.3. The second-order valence-corrected chi connectivity index (χ2v) is 7.58. The summed E-state index contributed by atoms with van der Waals surface area (Å²) in [6.07, 6.45) is 2.34. The van der Waals surface area contributed by atoms with Gasteiger partial charge in [-0.1, -0.05) is 12.1 Å². The van der Waals surface area contributed by atoms with Crippen LogP contribution in [0.15, 0.2) is 63.8 Å². The van der Waals surface area contributed by atoms with Crippen molar-refractivity contribution in [2.45, 2.75) is 18.9 Å². The van der Waals surface area contributed by atoms with Crippen molar-refractivity contribution in [3.8, 4) is 11.5 Å². The van der Waals surface area contributed by atoms with Crippen molar-refractivity contribution in [1.29, 1.82) is 0 Å². The molecular weight excluding hydrogens is 396 g/mol. The van der Waals surface area contributed by atoms with E-state index in [0.29, 0.717) is 17.9 Å². The molecule has 31 heavy (non-hydrogen) atoms. The van der Waals surface area contributed by atoms with Crippen molar-refractivity contribution in [3.63, 3.8) is 0 Å². The molecule has 4 rings (SSSR count). The number of ether oxygens (including phenoxy) is 2. The summed E-state index contributed by atoms with van der Waals surface area (Å²) in [5, 5.41) is 3.79. The first kappa shape index (κ1) is 20.9. The Morgan fingerprint density at radius 3 is 2.52 bits per heavy atom. The van der Waals surface area contributed by atoms with E-state index in [0.717, 1.165) is 29.8 Å². The van der Waals surface area contributed by atoms with E-state index >= 15 is 0 Å². The number of carbonyl (C=O) groups excluding carboxylic acids is 1. The second-order valence-electron chi connectivity index (χ2n) is 7.58. The van der Waals surface area contributed by atoms with Gasteiger partial charge in [0.05, 0.1) is 13.2 Å². The molecule has 0 saturated carbocycles. The number of rotatable bonds is 8. The number of fused-ring (bicyclic) bond motifs is 1. The third-order valence-corrected chi connectivity index (χ3v) is 5.54. The van der Waals surface area contributed by atoms with Gasteiger partial charge in [-0.25, -0.2) is 4.79 Å². The Bertz CT molecular complexity index is 1090. The number of methoxy groups -OCH3 is 1. The first-order chi connectivity index (χ1) is 15.1. The minimum Gasteiger partial charge on any atom is -0.497 e. The second kappa shape index (κ2) is 9.66. The normalized spacial score (nSPS) is 15.0. The Morgan fingerprint density at radius 2 is 1.77 bits per heavy atom. The highest BCUT2D eigenvalue weighted by atomic mass is 16.5. The molecule has 1 aliphatic heterocycles. The molecule has 162 valence electrons. The van der Waals surface area contributed by atoms with Gasteiger partial charge in [0.1, 0.15) is 17.1 Å². The van der Waals surface area contributed by atoms with Gasteiger partial charge in [-0.3, -0.25) is 9.69 Å². The minimum absolute atomic E-state index is 0.104. The van der Waals surface area contributed by atoms with Crippen molar-refractivity contribution in [2.75, 3.05) is 33.4 Å². The van der Waals surface area contributed by atoms with Crippen molar-refractivity contribution >= 4 is 16.9 Å². The Hall–Kier alpha value is -3.32. The highest BCUT2D eigenvalue weighted by Crippen LogP contribution is 2.26. The van der Waals surface area contributed by atoms with E-state index in [9.17, 15) is 9.59 Å². The molecule has 1 fully saturated rings. The maximum atomic E-state index is 12.4. The zero-order chi connectivity index (χ0) is 21.6. The van der Waals surface area contributed by atoms with Gasteiger partial charge < -0.3 is 19.2 Å². The van der Waals surface area contributed by atoms with Crippen molar-refractivity contribution in [2.24, 2.45) is 0 Å². The molecular formula is C24H26N2O5. The van der Waals surface area contributed by atoms with Gasteiger partial charge in [-0.05, 0) is 61.8 Å². The largest absolute Gasteiger partial charge is 0.497 e. The van der Waals surface area contributed by atoms with E-state index in [2.05, 4.69) is 10.2 Å². The van der Waals surface area contributed by atoms with E-state index < -0.39 is 5.63 Å². The lowest BCUT2D eigenvalue weighted by atomic mass is 10.1. The average molecular weight is 422 g/mol. The summed E-state index contributed by atoms with van der Waals surface area (Å²) in [7, 11) is 1.65. The maximum Gasteiger partial charge on any atom is 0.336 e. The minimum atomic E-state index is -0.422. The van der Waals surface area contributed by atoms with Crippen molar-refractivity contribution < 1.29 is 18.7 Å². The fourth-order valence-electron chi connectivity index (χ4n) is 3.88. The number of nitrogens with zero attached hydrogens (tertiary/aromatic N) is 1. The van der Waals surface area contributed by atoms with Gasteiger partial charge >= 0.3 is 5.63 Å². The summed E-state index contributed by atoms with van der Waals surface area (Å²) >= 11 is 0. The van der Waals surface area contributed by atoms with Crippen LogP contribution in [-0.2, 0) is 4.79 Å². The van der Waals surface area contributed by atoms with Crippen LogP contribution < -0.4 is 20.4 Å². The SMILES string of the molecule is COc1ccc(C(CNC(=O)COc2ccc3ccc(=O)oc3c2)N2CCCC2)cc1. The lowest BCUT2D eigenvalue weighted by Crippen LogP contribution is -2.38. The van der Waals surface area contributed by atoms with Gasteiger partial charge in [-0.2, -0.15) is 0 Å². The third-order valence-electron chi connectivity index (χ3n) is 5.54. The predicted molar refractivity (Wildman–Crippen MR) is 118 cm³/mol. The number of hydrogen-bond acceptors (Lipinski definition) is 6. The van der Waals surface area contributed by atoms with Gasteiger partial charge in [0.15, 0.2) is 6.61 Å². The van der Waals surface area contributed by atoms with E-state index in [4.69, 9.17) is 13.9 Å². The summed E-state index contributed by atoms with van der Waals surface area (Å²) in [5.74, 6) is 1.09. The Labute approximate surface area is 180 Å². The molecule has 1 saturated heterocycles. The molecule has 1 aliphatic rings.